The van der Waals surface area contributed by atoms with Gasteiger partial charge in [-0.3, -0.25) is 20.6 Å². The molecule has 0 aliphatic heterocycles. The zero-order valence-corrected chi connectivity index (χ0v) is 15.2. The molecule has 0 atom stereocenters. The number of methoxy groups -OCH3 is 1. The Morgan fingerprint density at radius 1 is 0.964 bits per heavy atom. The summed E-state index contributed by atoms with van der Waals surface area (Å²) in [5, 5.41) is 0.842. The number of carbonyl (C=O) groups excluding carboxylic acids is 1. The molecule has 0 radical (unpaired) electrons. The Hall–Kier alpha value is -3.93. The lowest BCUT2D eigenvalue weighted by atomic mass is 10.1. The summed E-state index contributed by atoms with van der Waals surface area (Å²) < 4.78 is 5.34. The predicted octanol–water partition coefficient (Wildman–Crippen LogP) is 4.06. The largest absolute Gasteiger partial charge is 0.497 e. The van der Waals surface area contributed by atoms with Crippen LogP contribution >= 0.6 is 0 Å². The molecule has 4 aromatic rings. The Bertz CT molecular complexity index is 1120. The van der Waals surface area contributed by atoms with Crippen LogP contribution in [0.5, 0.6) is 5.75 Å². The number of hydrazine groups is 1. The van der Waals surface area contributed by atoms with Gasteiger partial charge in [0.2, 0.25) is 0 Å². The minimum absolute atomic E-state index is 0.253. The summed E-state index contributed by atoms with van der Waals surface area (Å²) in [5.41, 5.74) is 9.60. The van der Waals surface area contributed by atoms with Gasteiger partial charge < -0.3 is 4.74 Å². The van der Waals surface area contributed by atoms with Crippen LogP contribution in [-0.4, -0.2) is 23.0 Å². The lowest BCUT2D eigenvalue weighted by Gasteiger charge is -2.14. The van der Waals surface area contributed by atoms with E-state index in [0.29, 0.717) is 11.3 Å². The van der Waals surface area contributed by atoms with E-state index in [9.17, 15) is 4.79 Å². The average molecular weight is 370 g/mol. The summed E-state index contributed by atoms with van der Waals surface area (Å²) in [6.45, 7) is 0. The van der Waals surface area contributed by atoms with Gasteiger partial charge in [0.1, 0.15) is 5.75 Å². The van der Waals surface area contributed by atoms with Crippen molar-refractivity contribution in [2.45, 2.75) is 0 Å². The molecule has 138 valence electrons. The highest BCUT2D eigenvalue weighted by atomic mass is 16.5. The normalized spacial score (nSPS) is 10.5. The zero-order chi connectivity index (χ0) is 19.3. The highest BCUT2D eigenvalue weighted by Gasteiger charge is 2.11. The van der Waals surface area contributed by atoms with E-state index in [4.69, 9.17) is 9.72 Å². The highest BCUT2D eigenvalue weighted by Crippen LogP contribution is 2.30. The van der Waals surface area contributed by atoms with E-state index in [1.54, 1.807) is 31.6 Å². The maximum Gasteiger partial charge on any atom is 0.269 e. The summed E-state index contributed by atoms with van der Waals surface area (Å²) in [6.07, 6.45) is 3.16. The fourth-order valence-corrected chi connectivity index (χ4v) is 2.89. The molecule has 0 spiro atoms. The number of benzene rings is 2. The second-order valence-electron chi connectivity index (χ2n) is 6.12. The number of nitrogens with zero attached hydrogens (tertiary/aromatic N) is 2. The summed E-state index contributed by atoms with van der Waals surface area (Å²) in [6, 6.07) is 20.8. The first-order valence-electron chi connectivity index (χ1n) is 8.75. The van der Waals surface area contributed by atoms with Crippen LogP contribution < -0.4 is 15.6 Å². The van der Waals surface area contributed by atoms with Crippen LogP contribution in [0.15, 0.2) is 79.1 Å². The number of carbonyl (C=O) groups is 1. The van der Waals surface area contributed by atoms with Gasteiger partial charge in [0.25, 0.3) is 5.91 Å². The molecule has 0 aliphatic carbocycles. The molecule has 0 unspecified atom stereocenters. The molecule has 0 saturated carbocycles. The molecule has 6 nitrogen and oxygen atoms in total. The number of ether oxygens (including phenoxy) is 1. The first kappa shape index (κ1) is 17.5. The third kappa shape index (κ3) is 3.61. The Labute approximate surface area is 162 Å². The van der Waals surface area contributed by atoms with Crippen molar-refractivity contribution in [2.75, 3.05) is 12.5 Å². The number of anilines is 1. The second kappa shape index (κ2) is 7.75. The lowest BCUT2D eigenvalue weighted by molar-refractivity contribution is 0.0962. The Kier molecular flexibility index (Phi) is 4.84. The second-order valence-corrected chi connectivity index (χ2v) is 6.12. The van der Waals surface area contributed by atoms with Gasteiger partial charge in [0.15, 0.2) is 0 Å². The number of fused-ring (bicyclic) bond motifs is 1. The van der Waals surface area contributed by atoms with Crippen LogP contribution in [0.25, 0.3) is 22.2 Å². The standard InChI is InChI=1S/C22H18N4O2/c1-28-17-7-8-19-18(13-17)21(14-20(24-19)15-5-3-2-4-6-15)25-26-22(27)16-9-11-23-12-10-16/h2-14H,1H3,(H,24,25)(H,26,27). The summed E-state index contributed by atoms with van der Waals surface area (Å²) in [4.78, 5) is 21.1. The first-order valence-corrected chi connectivity index (χ1v) is 8.75. The SMILES string of the molecule is COc1ccc2nc(-c3ccccc3)cc(NNC(=O)c3ccncc3)c2c1. The summed E-state index contributed by atoms with van der Waals surface area (Å²) in [5.74, 6) is 0.460. The first-order chi connectivity index (χ1) is 13.7. The molecule has 0 aliphatic rings. The number of aromatic nitrogens is 2. The number of hydrogen-bond donors (Lipinski definition) is 2. The van der Waals surface area contributed by atoms with Crippen molar-refractivity contribution < 1.29 is 9.53 Å². The number of rotatable bonds is 5. The maximum absolute atomic E-state index is 12.4. The van der Waals surface area contributed by atoms with Gasteiger partial charge in [-0.05, 0) is 36.4 Å². The maximum atomic E-state index is 12.4. The molecular weight excluding hydrogens is 352 g/mol. The molecule has 2 heterocycles. The van der Waals surface area contributed by atoms with Crippen molar-refractivity contribution in [1.82, 2.24) is 15.4 Å². The van der Waals surface area contributed by atoms with Gasteiger partial charge in [-0.1, -0.05) is 30.3 Å². The molecule has 28 heavy (non-hydrogen) atoms. The van der Waals surface area contributed by atoms with E-state index in [2.05, 4.69) is 15.8 Å². The molecule has 2 aromatic carbocycles. The van der Waals surface area contributed by atoms with Crippen molar-refractivity contribution in [3.05, 3.63) is 84.7 Å². The van der Waals surface area contributed by atoms with E-state index in [-0.39, 0.29) is 5.91 Å². The van der Waals surface area contributed by atoms with Gasteiger partial charge in [0, 0.05) is 28.9 Å². The molecule has 0 fully saturated rings. The van der Waals surface area contributed by atoms with Crippen molar-refractivity contribution in [3.8, 4) is 17.0 Å². The van der Waals surface area contributed by atoms with Gasteiger partial charge in [-0.2, -0.15) is 0 Å². The quantitative estimate of drug-likeness (QED) is 0.518. The van der Waals surface area contributed by atoms with Gasteiger partial charge in [-0.25, -0.2) is 4.98 Å². The minimum atomic E-state index is -0.253. The number of amides is 1. The van der Waals surface area contributed by atoms with E-state index in [1.165, 1.54) is 0 Å². The van der Waals surface area contributed by atoms with Crippen LogP contribution in [0.2, 0.25) is 0 Å². The van der Waals surface area contributed by atoms with E-state index in [1.807, 2.05) is 54.6 Å². The zero-order valence-electron chi connectivity index (χ0n) is 15.2. The van der Waals surface area contributed by atoms with E-state index >= 15 is 0 Å². The topological polar surface area (TPSA) is 76.1 Å². The average Bonchev–Trinajstić information content (AvgIpc) is 2.77. The molecule has 2 aromatic heterocycles. The number of pyridine rings is 2. The molecule has 1 amide bonds. The van der Waals surface area contributed by atoms with Gasteiger partial charge in [-0.15, -0.1) is 0 Å². The molecular formula is C22H18N4O2. The smallest absolute Gasteiger partial charge is 0.269 e. The van der Waals surface area contributed by atoms with Crippen molar-refractivity contribution in [2.24, 2.45) is 0 Å². The molecule has 6 heteroatoms. The van der Waals surface area contributed by atoms with Crippen LogP contribution in [0.4, 0.5) is 5.69 Å². The van der Waals surface area contributed by atoms with Gasteiger partial charge in [0.05, 0.1) is 24.0 Å². The predicted molar refractivity (Wildman–Crippen MR) is 109 cm³/mol. The lowest BCUT2D eigenvalue weighted by Crippen LogP contribution is -2.29. The van der Waals surface area contributed by atoms with Crippen LogP contribution in [0.3, 0.4) is 0 Å². The van der Waals surface area contributed by atoms with E-state index in [0.717, 1.165) is 27.8 Å². The molecule has 2 N–H and O–H groups in total. The fraction of sp³-hybridized carbons (Fsp3) is 0.0455. The Morgan fingerprint density at radius 3 is 2.50 bits per heavy atom. The van der Waals surface area contributed by atoms with Crippen molar-refractivity contribution >= 4 is 22.5 Å². The van der Waals surface area contributed by atoms with Crippen molar-refractivity contribution in [3.63, 3.8) is 0 Å². The monoisotopic (exact) mass is 370 g/mol. The minimum Gasteiger partial charge on any atom is -0.497 e. The molecule has 0 saturated heterocycles. The number of hydrogen-bond acceptors (Lipinski definition) is 5. The Balaban J connectivity index is 1.72. The van der Waals surface area contributed by atoms with Crippen LogP contribution in [0.1, 0.15) is 10.4 Å². The Morgan fingerprint density at radius 2 is 1.75 bits per heavy atom. The summed E-state index contributed by atoms with van der Waals surface area (Å²) >= 11 is 0. The van der Waals surface area contributed by atoms with Crippen LogP contribution in [-0.2, 0) is 0 Å². The van der Waals surface area contributed by atoms with Crippen LogP contribution in [0, 0.1) is 0 Å². The van der Waals surface area contributed by atoms with E-state index < -0.39 is 0 Å². The van der Waals surface area contributed by atoms with Gasteiger partial charge >= 0.3 is 0 Å². The summed E-state index contributed by atoms with van der Waals surface area (Å²) in [7, 11) is 1.62. The highest BCUT2D eigenvalue weighted by molar-refractivity contribution is 5.98. The third-order valence-electron chi connectivity index (χ3n) is 4.34. The number of nitrogens with one attached hydrogen (secondary N) is 2. The molecule has 4 rings (SSSR count). The molecule has 0 bridgehead atoms. The third-order valence-corrected chi connectivity index (χ3v) is 4.34. The fourth-order valence-electron chi connectivity index (χ4n) is 2.89. The van der Waals surface area contributed by atoms with Crippen molar-refractivity contribution in [1.29, 1.82) is 0 Å².